The summed E-state index contributed by atoms with van der Waals surface area (Å²) in [6.07, 6.45) is -12.1. The Labute approximate surface area is 321 Å². The molecule has 0 aromatic heterocycles. The maximum Gasteiger partial charge on any atom is 0.187 e. The lowest BCUT2D eigenvalue weighted by Gasteiger charge is -2.63. The van der Waals surface area contributed by atoms with Crippen LogP contribution in [0.1, 0.15) is 72.1 Å². The molecule has 0 spiro atoms. The Hall–Kier alpha value is -0.900. The molecule has 3 heterocycles. The third kappa shape index (κ3) is 6.96. The minimum absolute atomic E-state index is 0.0442. The SMILES string of the molecule is C=C(CC[C@@]1(O)O[C@H]2C[C@H]3[C@@H]4C[C@@H](O)[C@H]5C[C@@H](O[C@@H]6O[C@H](CO)[C@H](O)[C@H](O)[C@H]6O)C[C@@H](O)[C@]5(C)[C@H]4CC[C@]3(C)[C@H]2[C@@H]1C)CO[C@@H]1O[C@H](CO)[C@@H](O)[C@H](O)[C@H]1O. The van der Waals surface area contributed by atoms with Crippen LogP contribution < -0.4 is 0 Å². The van der Waals surface area contributed by atoms with Crippen molar-refractivity contribution >= 4 is 0 Å². The zero-order chi connectivity index (χ0) is 39.9. The first-order chi connectivity index (χ1) is 25.9. The van der Waals surface area contributed by atoms with Gasteiger partial charge in [-0.25, -0.2) is 0 Å². The van der Waals surface area contributed by atoms with E-state index >= 15 is 0 Å². The minimum atomic E-state index is -1.58. The van der Waals surface area contributed by atoms with E-state index in [2.05, 4.69) is 20.4 Å². The van der Waals surface area contributed by atoms with E-state index in [9.17, 15) is 56.2 Å². The van der Waals surface area contributed by atoms with Gasteiger partial charge in [0.25, 0.3) is 0 Å². The van der Waals surface area contributed by atoms with E-state index in [1.807, 2.05) is 6.92 Å². The molecule has 3 aliphatic heterocycles. The van der Waals surface area contributed by atoms with Crippen LogP contribution in [0.2, 0.25) is 0 Å². The Morgan fingerprint density at radius 3 is 2.02 bits per heavy atom. The number of aliphatic hydroxyl groups is 11. The topological polar surface area (TPSA) is 269 Å². The lowest BCUT2D eigenvalue weighted by Crippen LogP contribution is -2.64. The van der Waals surface area contributed by atoms with Crippen molar-refractivity contribution < 1.29 is 79.9 Å². The van der Waals surface area contributed by atoms with Gasteiger partial charge < -0.3 is 79.9 Å². The molecule has 0 radical (unpaired) electrons. The largest absolute Gasteiger partial charge is 0.394 e. The van der Waals surface area contributed by atoms with Crippen LogP contribution in [0.15, 0.2) is 12.2 Å². The zero-order valence-electron chi connectivity index (χ0n) is 32.0. The van der Waals surface area contributed by atoms with Gasteiger partial charge >= 0.3 is 0 Å². The van der Waals surface area contributed by atoms with Crippen molar-refractivity contribution in [2.45, 2.75) is 164 Å². The molecule has 7 rings (SSSR count). The Morgan fingerprint density at radius 1 is 0.764 bits per heavy atom. The highest BCUT2D eigenvalue weighted by atomic mass is 16.7. The normalized spacial score (nSPS) is 56.3. The average molecular weight is 789 g/mol. The Morgan fingerprint density at radius 2 is 1.38 bits per heavy atom. The lowest BCUT2D eigenvalue weighted by molar-refractivity contribution is -0.322. The Balaban J connectivity index is 0.969. The molecule has 23 atom stereocenters. The summed E-state index contributed by atoms with van der Waals surface area (Å²) in [6.45, 7) is 9.29. The highest BCUT2D eigenvalue weighted by Crippen LogP contribution is 2.71. The van der Waals surface area contributed by atoms with Gasteiger partial charge in [0, 0.05) is 24.2 Å². The summed E-state index contributed by atoms with van der Waals surface area (Å²) in [6, 6.07) is 0. The molecule has 16 nitrogen and oxygen atoms in total. The van der Waals surface area contributed by atoms with Gasteiger partial charge in [0.05, 0.1) is 44.2 Å². The number of aliphatic hydroxyl groups excluding tert-OH is 10. The van der Waals surface area contributed by atoms with Crippen LogP contribution in [0.3, 0.4) is 0 Å². The fourth-order valence-corrected chi connectivity index (χ4v) is 12.6. The molecular formula is C39H64O16. The number of hydrogen-bond donors (Lipinski definition) is 11. The number of hydrogen-bond acceptors (Lipinski definition) is 16. The van der Waals surface area contributed by atoms with Gasteiger partial charge in [-0.15, -0.1) is 0 Å². The highest BCUT2D eigenvalue weighted by Gasteiger charge is 2.70. The van der Waals surface area contributed by atoms with Crippen LogP contribution >= 0.6 is 0 Å². The van der Waals surface area contributed by atoms with Crippen LogP contribution in [-0.2, 0) is 23.7 Å². The predicted octanol–water partition coefficient (Wildman–Crippen LogP) is -1.74. The molecule has 7 fully saturated rings. The monoisotopic (exact) mass is 788 g/mol. The first-order valence-corrected chi connectivity index (χ1v) is 20.2. The molecule has 0 aromatic carbocycles. The summed E-state index contributed by atoms with van der Waals surface area (Å²) in [7, 11) is 0. The molecule has 7 aliphatic rings. The minimum Gasteiger partial charge on any atom is -0.394 e. The molecule has 4 saturated carbocycles. The van der Waals surface area contributed by atoms with E-state index in [0.29, 0.717) is 24.8 Å². The fourth-order valence-electron chi connectivity index (χ4n) is 12.6. The molecule has 0 amide bonds. The molecule has 16 heteroatoms. The van der Waals surface area contributed by atoms with Gasteiger partial charge in [0.2, 0.25) is 0 Å². The van der Waals surface area contributed by atoms with Crippen LogP contribution in [0, 0.1) is 46.3 Å². The van der Waals surface area contributed by atoms with Crippen LogP contribution in [0.4, 0.5) is 0 Å². The van der Waals surface area contributed by atoms with Gasteiger partial charge in [-0.1, -0.05) is 32.9 Å². The summed E-state index contributed by atoms with van der Waals surface area (Å²) in [5, 5.41) is 116. The molecular weight excluding hydrogens is 724 g/mol. The van der Waals surface area contributed by atoms with E-state index in [1.165, 1.54) is 0 Å². The molecule has 3 saturated heterocycles. The maximum atomic E-state index is 11.9. The first-order valence-electron chi connectivity index (χ1n) is 20.2. The van der Waals surface area contributed by atoms with Crippen LogP contribution in [-0.4, -0.2) is 168 Å². The second-order valence-electron chi connectivity index (χ2n) is 18.4. The highest BCUT2D eigenvalue weighted by molar-refractivity contribution is 5.17. The van der Waals surface area contributed by atoms with Crippen molar-refractivity contribution in [2.75, 3.05) is 19.8 Å². The second-order valence-corrected chi connectivity index (χ2v) is 18.4. The van der Waals surface area contributed by atoms with Crippen molar-refractivity contribution in [1.29, 1.82) is 0 Å². The number of rotatable bonds is 10. The molecule has 11 N–H and O–H groups in total. The van der Waals surface area contributed by atoms with E-state index in [0.717, 1.165) is 19.3 Å². The third-order valence-corrected chi connectivity index (χ3v) is 15.7. The standard InChI is InChI=1S/C39H64O16/c1-16(15-51-35-33(48)31(46)29(44)25(13-40)53-35)5-8-39(50)17(2)28-24(55-39)12-21-19-11-23(42)22-9-18(52-36-34(49)32(47)30(45)26(14-41)54-36)10-27(43)38(22,4)20(19)6-7-37(21,28)3/h17-36,40-50H,1,5-15H2,2-4H3/t17-,18+,19+,20-,21-,22+,23+,24-,25+,26+,27+,28-,29+,30-,31-,32-,33+,34+,35+,36+,37-,38+,39+/m0/s1. The van der Waals surface area contributed by atoms with Crippen LogP contribution in [0.5, 0.6) is 0 Å². The molecule has 0 bridgehead atoms. The van der Waals surface area contributed by atoms with Crippen molar-refractivity contribution in [3.05, 3.63) is 12.2 Å². The quantitative estimate of drug-likeness (QED) is 0.0867. The van der Waals surface area contributed by atoms with Crippen molar-refractivity contribution in [3.8, 4) is 0 Å². The van der Waals surface area contributed by atoms with Crippen molar-refractivity contribution in [3.63, 3.8) is 0 Å². The summed E-state index contributed by atoms with van der Waals surface area (Å²) >= 11 is 0. The van der Waals surface area contributed by atoms with E-state index in [4.69, 9.17) is 23.7 Å². The van der Waals surface area contributed by atoms with Gasteiger partial charge in [-0.05, 0) is 73.5 Å². The molecule has 55 heavy (non-hydrogen) atoms. The first kappa shape index (κ1) is 42.2. The lowest BCUT2D eigenvalue weighted by atomic mass is 9.43. The van der Waals surface area contributed by atoms with Gasteiger partial charge in [-0.2, -0.15) is 0 Å². The fraction of sp³-hybridized carbons (Fsp3) is 0.949. The average Bonchev–Trinajstić information content (AvgIpc) is 3.59. The molecule has 4 aliphatic carbocycles. The summed E-state index contributed by atoms with van der Waals surface area (Å²) in [4.78, 5) is 0. The maximum absolute atomic E-state index is 11.9. The second kappa shape index (κ2) is 15.6. The third-order valence-electron chi connectivity index (χ3n) is 15.7. The van der Waals surface area contributed by atoms with Crippen molar-refractivity contribution in [1.82, 2.24) is 0 Å². The van der Waals surface area contributed by atoms with Gasteiger partial charge in [-0.3, -0.25) is 0 Å². The summed E-state index contributed by atoms with van der Waals surface area (Å²) in [5.41, 5.74) is -0.174. The summed E-state index contributed by atoms with van der Waals surface area (Å²) < 4.78 is 29.3. The summed E-state index contributed by atoms with van der Waals surface area (Å²) in [5.74, 6) is -1.39. The van der Waals surface area contributed by atoms with Crippen LogP contribution in [0.25, 0.3) is 0 Å². The van der Waals surface area contributed by atoms with E-state index < -0.39 is 104 Å². The zero-order valence-corrected chi connectivity index (χ0v) is 32.0. The number of fused-ring (bicyclic) bond motifs is 7. The smallest absolute Gasteiger partial charge is 0.187 e. The Bertz CT molecular complexity index is 1370. The number of ether oxygens (including phenoxy) is 5. The molecule has 0 unspecified atom stereocenters. The Kier molecular flexibility index (Phi) is 12.0. The predicted molar refractivity (Wildman–Crippen MR) is 189 cm³/mol. The van der Waals surface area contributed by atoms with Gasteiger partial charge in [0.15, 0.2) is 18.4 Å². The van der Waals surface area contributed by atoms with Crippen molar-refractivity contribution in [2.24, 2.45) is 46.3 Å². The van der Waals surface area contributed by atoms with E-state index in [-0.39, 0.29) is 66.5 Å². The molecule has 0 aromatic rings. The van der Waals surface area contributed by atoms with Gasteiger partial charge in [0.1, 0.15) is 48.8 Å². The van der Waals surface area contributed by atoms with E-state index in [1.54, 1.807) is 0 Å². The molecule has 316 valence electrons.